The van der Waals surface area contributed by atoms with Crippen molar-refractivity contribution in [3.8, 4) is 11.1 Å². The van der Waals surface area contributed by atoms with Crippen LogP contribution in [0.3, 0.4) is 0 Å². The summed E-state index contributed by atoms with van der Waals surface area (Å²) in [5.41, 5.74) is 4.19. The lowest BCUT2D eigenvalue weighted by molar-refractivity contribution is -0.164. The van der Waals surface area contributed by atoms with Crippen LogP contribution in [-0.2, 0) is 14.3 Å². The molecule has 1 aliphatic rings. The Kier molecular flexibility index (Phi) is 7.30. The highest BCUT2D eigenvalue weighted by atomic mass is 19.3. The van der Waals surface area contributed by atoms with Gasteiger partial charge < -0.3 is 20.5 Å². The number of carboxylic acid groups (broad SMARTS) is 1. The van der Waals surface area contributed by atoms with E-state index in [-0.39, 0.29) is 12.5 Å². The minimum Gasteiger partial charge on any atom is -0.477 e. The second-order valence-corrected chi connectivity index (χ2v) is 8.06. The molecule has 0 spiro atoms. The van der Waals surface area contributed by atoms with E-state index in [0.29, 0.717) is 6.42 Å². The fraction of sp³-hybridized carbons (Fsp3) is 0.375. The Hall–Kier alpha value is -3.49. The fourth-order valence-corrected chi connectivity index (χ4v) is 3.85. The SMILES string of the molecule is CC[C@H](C)[C@H](NC(=O)OCC1c2ccccc2-c2ccccc21)C(=O)NCC(F)(F)C(=O)O. The Morgan fingerprint density at radius 1 is 1.06 bits per heavy atom. The van der Waals surface area contributed by atoms with Crippen LogP contribution < -0.4 is 10.6 Å². The zero-order chi connectivity index (χ0) is 24.2. The largest absolute Gasteiger partial charge is 0.477 e. The number of nitrogens with one attached hydrogen (secondary N) is 2. The summed E-state index contributed by atoms with van der Waals surface area (Å²) in [5.74, 6) is -7.93. The third-order valence-electron chi connectivity index (χ3n) is 5.91. The molecule has 2 atom stereocenters. The first-order chi connectivity index (χ1) is 15.7. The summed E-state index contributed by atoms with van der Waals surface area (Å²) >= 11 is 0. The molecule has 9 heteroatoms. The van der Waals surface area contributed by atoms with Crippen molar-refractivity contribution in [2.75, 3.05) is 13.2 Å². The second-order valence-electron chi connectivity index (χ2n) is 8.06. The van der Waals surface area contributed by atoms with Crippen molar-refractivity contribution in [3.05, 3.63) is 59.7 Å². The van der Waals surface area contributed by atoms with Gasteiger partial charge in [0.2, 0.25) is 5.91 Å². The molecule has 176 valence electrons. The minimum atomic E-state index is -4.11. The van der Waals surface area contributed by atoms with E-state index < -0.39 is 42.4 Å². The number of ether oxygens (including phenoxy) is 1. The molecule has 1 aliphatic carbocycles. The highest BCUT2D eigenvalue weighted by molar-refractivity contribution is 5.87. The molecule has 0 aliphatic heterocycles. The number of fused-ring (bicyclic) bond motifs is 3. The highest BCUT2D eigenvalue weighted by Crippen LogP contribution is 2.44. The average molecular weight is 460 g/mol. The lowest BCUT2D eigenvalue weighted by Crippen LogP contribution is -2.53. The maximum atomic E-state index is 13.3. The van der Waals surface area contributed by atoms with Crippen LogP contribution >= 0.6 is 0 Å². The lowest BCUT2D eigenvalue weighted by atomic mass is 9.98. The summed E-state index contributed by atoms with van der Waals surface area (Å²) in [5, 5.41) is 12.9. The summed E-state index contributed by atoms with van der Waals surface area (Å²) in [4.78, 5) is 35.5. The van der Waals surface area contributed by atoms with E-state index >= 15 is 0 Å². The maximum absolute atomic E-state index is 13.3. The maximum Gasteiger partial charge on any atom is 0.407 e. The predicted octanol–water partition coefficient (Wildman–Crippen LogP) is 3.78. The van der Waals surface area contributed by atoms with Crippen molar-refractivity contribution >= 4 is 18.0 Å². The summed E-state index contributed by atoms with van der Waals surface area (Å²) < 4.78 is 32.1. The molecule has 2 amide bonds. The van der Waals surface area contributed by atoms with Crippen LogP contribution in [-0.4, -0.2) is 48.2 Å². The molecule has 3 N–H and O–H groups in total. The van der Waals surface area contributed by atoms with Gasteiger partial charge in [-0.25, -0.2) is 9.59 Å². The first-order valence-electron chi connectivity index (χ1n) is 10.7. The molecular formula is C24H26F2N2O5. The molecule has 3 rings (SSSR count). The summed E-state index contributed by atoms with van der Waals surface area (Å²) in [6, 6.07) is 14.5. The molecule has 0 radical (unpaired) electrons. The number of alkyl halides is 2. The van der Waals surface area contributed by atoms with Crippen molar-refractivity contribution in [1.29, 1.82) is 0 Å². The zero-order valence-electron chi connectivity index (χ0n) is 18.3. The number of aliphatic carboxylic acids is 1. The van der Waals surface area contributed by atoms with Crippen molar-refractivity contribution in [2.45, 2.75) is 38.2 Å². The number of carbonyl (C=O) groups excluding carboxylic acids is 2. The molecule has 0 unspecified atom stereocenters. The number of benzene rings is 2. The summed E-state index contributed by atoms with van der Waals surface area (Å²) in [7, 11) is 0. The van der Waals surface area contributed by atoms with E-state index in [1.54, 1.807) is 13.8 Å². The van der Waals surface area contributed by atoms with Crippen molar-refractivity contribution in [2.24, 2.45) is 5.92 Å². The van der Waals surface area contributed by atoms with Crippen molar-refractivity contribution in [3.63, 3.8) is 0 Å². The average Bonchev–Trinajstić information content (AvgIpc) is 3.13. The van der Waals surface area contributed by atoms with E-state index in [9.17, 15) is 23.2 Å². The second kappa shape index (κ2) is 9.97. The fourth-order valence-electron chi connectivity index (χ4n) is 3.85. The van der Waals surface area contributed by atoms with Gasteiger partial charge in [0.15, 0.2) is 0 Å². The Morgan fingerprint density at radius 3 is 2.12 bits per heavy atom. The van der Waals surface area contributed by atoms with Crippen LogP contribution in [0, 0.1) is 5.92 Å². The molecule has 0 saturated heterocycles. The molecule has 0 bridgehead atoms. The lowest BCUT2D eigenvalue weighted by Gasteiger charge is -2.24. The Morgan fingerprint density at radius 2 is 1.61 bits per heavy atom. The summed E-state index contributed by atoms with van der Waals surface area (Å²) in [6.45, 7) is 2.10. The zero-order valence-corrected chi connectivity index (χ0v) is 18.3. The monoisotopic (exact) mass is 460 g/mol. The van der Waals surface area contributed by atoms with Crippen LogP contribution in [0.1, 0.15) is 37.3 Å². The van der Waals surface area contributed by atoms with E-state index in [1.165, 1.54) is 0 Å². The van der Waals surface area contributed by atoms with E-state index in [4.69, 9.17) is 9.84 Å². The van der Waals surface area contributed by atoms with Gasteiger partial charge in [0.05, 0.1) is 6.54 Å². The Balaban J connectivity index is 1.65. The quantitative estimate of drug-likeness (QED) is 0.528. The van der Waals surface area contributed by atoms with Gasteiger partial charge in [0.1, 0.15) is 12.6 Å². The number of alkyl carbamates (subject to hydrolysis) is 1. The van der Waals surface area contributed by atoms with Crippen molar-refractivity contribution in [1.82, 2.24) is 10.6 Å². The Bertz CT molecular complexity index is 998. The van der Waals surface area contributed by atoms with Gasteiger partial charge in [0.25, 0.3) is 0 Å². The smallest absolute Gasteiger partial charge is 0.407 e. The van der Waals surface area contributed by atoms with Gasteiger partial charge in [-0.2, -0.15) is 8.78 Å². The van der Waals surface area contributed by atoms with Crippen LogP contribution in [0.5, 0.6) is 0 Å². The molecule has 0 aromatic heterocycles. The molecule has 7 nitrogen and oxygen atoms in total. The third-order valence-corrected chi connectivity index (χ3v) is 5.91. The molecular weight excluding hydrogens is 434 g/mol. The van der Waals surface area contributed by atoms with Crippen LogP contribution in [0.15, 0.2) is 48.5 Å². The number of amides is 2. The highest BCUT2D eigenvalue weighted by Gasteiger charge is 2.40. The number of hydrogen-bond donors (Lipinski definition) is 3. The number of carboxylic acids is 1. The number of carbonyl (C=O) groups is 3. The number of rotatable bonds is 9. The summed E-state index contributed by atoms with van der Waals surface area (Å²) in [6.07, 6.45) is -0.390. The molecule has 0 fully saturated rings. The van der Waals surface area contributed by atoms with Gasteiger partial charge in [0, 0.05) is 5.92 Å². The van der Waals surface area contributed by atoms with Gasteiger partial charge in [-0.3, -0.25) is 4.79 Å². The predicted molar refractivity (Wildman–Crippen MR) is 117 cm³/mol. The van der Waals surface area contributed by atoms with E-state index in [1.807, 2.05) is 53.8 Å². The van der Waals surface area contributed by atoms with Gasteiger partial charge in [-0.1, -0.05) is 68.8 Å². The van der Waals surface area contributed by atoms with E-state index in [2.05, 4.69) is 5.32 Å². The normalized spacial score (nSPS) is 14.5. The van der Waals surface area contributed by atoms with E-state index in [0.717, 1.165) is 22.3 Å². The third kappa shape index (κ3) is 5.30. The van der Waals surface area contributed by atoms with Gasteiger partial charge in [-0.05, 0) is 28.2 Å². The Labute approximate surface area is 190 Å². The topological polar surface area (TPSA) is 105 Å². The van der Waals surface area contributed by atoms with Crippen LogP contribution in [0.25, 0.3) is 11.1 Å². The van der Waals surface area contributed by atoms with Gasteiger partial charge >= 0.3 is 18.0 Å². The number of hydrogen-bond acceptors (Lipinski definition) is 4. The van der Waals surface area contributed by atoms with Crippen LogP contribution in [0.4, 0.5) is 13.6 Å². The molecule has 2 aromatic rings. The van der Waals surface area contributed by atoms with Gasteiger partial charge in [-0.15, -0.1) is 0 Å². The molecule has 33 heavy (non-hydrogen) atoms. The number of halogens is 2. The first kappa shape index (κ1) is 24.2. The van der Waals surface area contributed by atoms with Crippen molar-refractivity contribution < 1.29 is 33.0 Å². The molecule has 0 saturated carbocycles. The standard InChI is InChI=1S/C24H26F2N2O5/c1-3-14(2)20(21(29)27-13-24(25,26)22(30)31)28-23(32)33-12-19-17-10-6-4-8-15(17)16-9-5-7-11-18(16)19/h4-11,14,19-20H,3,12-13H2,1-2H3,(H,27,29)(H,28,32)(H,30,31)/t14-,20-/m0/s1. The minimum absolute atomic E-state index is 0.0335. The first-order valence-corrected chi connectivity index (χ1v) is 10.7. The van der Waals surface area contributed by atoms with Crippen LogP contribution in [0.2, 0.25) is 0 Å². The molecule has 2 aromatic carbocycles. The molecule has 0 heterocycles.